The molecule has 0 aliphatic carbocycles. The molecule has 6 nitrogen and oxygen atoms in total. The molecule has 202 valence electrons. The lowest BCUT2D eigenvalue weighted by atomic mass is 9.92. The molecule has 2 heterocycles. The fraction of sp³-hybridized carbons (Fsp3) is 0.355. The molecule has 2 fully saturated rings. The van der Waals surface area contributed by atoms with Crippen molar-refractivity contribution in [3.63, 3.8) is 0 Å². The number of hydrogen-bond donors (Lipinski definition) is 1. The molecule has 0 saturated carbocycles. The van der Waals surface area contributed by atoms with Crippen molar-refractivity contribution in [2.75, 3.05) is 44.2 Å². The minimum absolute atomic E-state index is 0.0286. The van der Waals surface area contributed by atoms with Crippen molar-refractivity contribution in [3.05, 3.63) is 99.0 Å². The van der Waals surface area contributed by atoms with Crippen LogP contribution in [-0.4, -0.2) is 60.1 Å². The van der Waals surface area contributed by atoms with Gasteiger partial charge in [-0.25, -0.2) is 0 Å². The second-order valence-electron chi connectivity index (χ2n) is 10.6. The van der Waals surface area contributed by atoms with Crippen LogP contribution in [0, 0.1) is 11.3 Å². The van der Waals surface area contributed by atoms with E-state index in [2.05, 4.69) is 15.9 Å². The Morgan fingerprint density at radius 3 is 2.46 bits per heavy atom. The molecule has 8 heteroatoms. The Kier molecular flexibility index (Phi) is 8.16. The van der Waals surface area contributed by atoms with Crippen molar-refractivity contribution in [1.29, 1.82) is 5.26 Å². The van der Waals surface area contributed by atoms with Crippen LogP contribution in [-0.2, 0) is 5.60 Å². The van der Waals surface area contributed by atoms with E-state index in [-0.39, 0.29) is 11.9 Å². The number of piperazine rings is 1. The van der Waals surface area contributed by atoms with Crippen molar-refractivity contribution >= 4 is 34.8 Å². The summed E-state index contributed by atoms with van der Waals surface area (Å²) in [6.07, 6.45) is 2.08. The largest absolute Gasteiger partial charge is 0.384 e. The Labute approximate surface area is 240 Å². The van der Waals surface area contributed by atoms with E-state index in [1.165, 1.54) is 0 Å². The molecule has 0 bridgehead atoms. The van der Waals surface area contributed by atoms with Crippen LogP contribution in [0.15, 0.2) is 66.7 Å². The number of anilines is 1. The predicted molar refractivity (Wildman–Crippen MR) is 155 cm³/mol. The van der Waals surface area contributed by atoms with Crippen molar-refractivity contribution < 1.29 is 9.90 Å². The highest BCUT2D eigenvalue weighted by Crippen LogP contribution is 2.37. The number of benzene rings is 3. The zero-order chi connectivity index (χ0) is 27.6. The lowest BCUT2D eigenvalue weighted by molar-refractivity contribution is 0.0102. The lowest BCUT2D eigenvalue weighted by Crippen LogP contribution is -2.52. The molecule has 0 spiro atoms. The van der Waals surface area contributed by atoms with Gasteiger partial charge in [0.1, 0.15) is 0 Å². The normalized spacial score (nSPS) is 19.5. The summed E-state index contributed by atoms with van der Waals surface area (Å²) in [5, 5.41) is 22.1. The maximum Gasteiger partial charge on any atom is 0.253 e. The lowest BCUT2D eigenvalue weighted by Gasteiger charge is -2.45. The van der Waals surface area contributed by atoms with E-state index >= 15 is 0 Å². The SMILES string of the molecule is C[C@@](O)(CN1CCN(c2ccc(C#N)cc2Cl)[C@H](c2ccc(Cl)cc2)C1)c1cccc(C(=O)N2CCCC2)c1. The zero-order valence-corrected chi connectivity index (χ0v) is 23.5. The number of halogens is 2. The number of hydrogen-bond acceptors (Lipinski definition) is 5. The van der Waals surface area contributed by atoms with Crippen LogP contribution < -0.4 is 4.90 Å². The van der Waals surface area contributed by atoms with E-state index in [1.54, 1.807) is 12.1 Å². The van der Waals surface area contributed by atoms with Crippen molar-refractivity contribution in [1.82, 2.24) is 9.80 Å². The summed E-state index contributed by atoms with van der Waals surface area (Å²) >= 11 is 12.8. The minimum Gasteiger partial charge on any atom is -0.384 e. The van der Waals surface area contributed by atoms with Crippen LogP contribution in [0.2, 0.25) is 10.0 Å². The van der Waals surface area contributed by atoms with E-state index in [4.69, 9.17) is 23.2 Å². The topological polar surface area (TPSA) is 70.8 Å². The van der Waals surface area contributed by atoms with E-state index in [0.29, 0.717) is 47.4 Å². The number of nitrogens with zero attached hydrogens (tertiary/aromatic N) is 4. The highest BCUT2D eigenvalue weighted by molar-refractivity contribution is 6.33. The number of carbonyl (C=O) groups excluding carboxylic acids is 1. The molecular weight excluding hydrogens is 531 g/mol. The highest BCUT2D eigenvalue weighted by Gasteiger charge is 2.34. The molecule has 5 rings (SSSR count). The van der Waals surface area contributed by atoms with Gasteiger partial charge in [-0.3, -0.25) is 9.69 Å². The number of carbonyl (C=O) groups is 1. The highest BCUT2D eigenvalue weighted by atomic mass is 35.5. The molecule has 2 aliphatic heterocycles. The first kappa shape index (κ1) is 27.5. The molecule has 0 aromatic heterocycles. The van der Waals surface area contributed by atoms with Gasteiger partial charge in [0.25, 0.3) is 5.91 Å². The number of rotatable bonds is 6. The summed E-state index contributed by atoms with van der Waals surface area (Å²) < 4.78 is 0. The van der Waals surface area contributed by atoms with Crippen LogP contribution in [0.4, 0.5) is 5.69 Å². The molecule has 3 aromatic rings. The van der Waals surface area contributed by atoms with Gasteiger partial charge >= 0.3 is 0 Å². The van der Waals surface area contributed by atoms with Gasteiger partial charge in [0, 0.05) is 49.9 Å². The summed E-state index contributed by atoms with van der Waals surface area (Å²) in [6, 6.07) is 22.7. The monoisotopic (exact) mass is 562 g/mol. The molecule has 0 unspecified atom stereocenters. The summed E-state index contributed by atoms with van der Waals surface area (Å²) in [4.78, 5) is 19.4. The van der Waals surface area contributed by atoms with Gasteiger partial charge in [0.2, 0.25) is 0 Å². The van der Waals surface area contributed by atoms with Gasteiger partial charge < -0.3 is 14.9 Å². The first-order chi connectivity index (χ1) is 18.7. The summed E-state index contributed by atoms with van der Waals surface area (Å²) in [5.41, 5.74) is 2.67. The van der Waals surface area contributed by atoms with E-state index in [1.807, 2.05) is 66.4 Å². The molecule has 2 atom stereocenters. The van der Waals surface area contributed by atoms with Gasteiger partial charge in [-0.15, -0.1) is 0 Å². The average molecular weight is 564 g/mol. The summed E-state index contributed by atoms with van der Waals surface area (Å²) in [5.74, 6) is 0.0286. The second-order valence-corrected chi connectivity index (χ2v) is 11.5. The number of nitriles is 1. The van der Waals surface area contributed by atoms with Crippen molar-refractivity contribution in [2.45, 2.75) is 31.4 Å². The first-order valence-electron chi connectivity index (χ1n) is 13.3. The molecule has 2 aliphatic rings. The molecular formula is C31H32Cl2N4O2. The van der Waals surface area contributed by atoms with Crippen LogP contribution in [0.5, 0.6) is 0 Å². The molecule has 0 radical (unpaired) electrons. The second kappa shape index (κ2) is 11.6. The number of β-amino-alcohol motifs (C(OH)–C–C–N with tert-alkyl or cyclic N) is 1. The molecule has 2 saturated heterocycles. The van der Waals surface area contributed by atoms with Gasteiger partial charge in [0.15, 0.2) is 0 Å². The average Bonchev–Trinajstić information content (AvgIpc) is 3.48. The van der Waals surface area contributed by atoms with E-state index < -0.39 is 5.60 Å². The minimum atomic E-state index is -1.15. The molecule has 1 amide bonds. The fourth-order valence-electron chi connectivity index (χ4n) is 5.67. The van der Waals surface area contributed by atoms with E-state index in [9.17, 15) is 15.2 Å². The van der Waals surface area contributed by atoms with E-state index in [0.717, 1.165) is 42.7 Å². The first-order valence-corrected chi connectivity index (χ1v) is 14.1. The maximum atomic E-state index is 13.0. The third-order valence-electron chi connectivity index (χ3n) is 7.76. The van der Waals surface area contributed by atoms with Gasteiger partial charge in [0.05, 0.1) is 34.0 Å². The maximum absolute atomic E-state index is 13.0. The summed E-state index contributed by atoms with van der Waals surface area (Å²) in [6.45, 7) is 5.85. The Morgan fingerprint density at radius 1 is 1.03 bits per heavy atom. The van der Waals surface area contributed by atoms with Crippen LogP contribution in [0.3, 0.4) is 0 Å². The smallest absolute Gasteiger partial charge is 0.253 e. The quantitative estimate of drug-likeness (QED) is 0.406. The Bertz CT molecular complexity index is 1380. The summed E-state index contributed by atoms with van der Waals surface area (Å²) in [7, 11) is 0. The van der Waals surface area contributed by atoms with Crippen LogP contribution in [0.1, 0.15) is 52.9 Å². The van der Waals surface area contributed by atoms with Crippen LogP contribution >= 0.6 is 23.2 Å². The third-order valence-corrected chi connectivity index (χ3v) is 8.32. The zero-order valence-electron chi connectivity index (χ0n) is 22.0. The standard InChI is InChI=1S/C31H32Cl2N4O2/c1-31(39,25-6-4-5-24(18-25)30(38)36-13-2-3-14-36)21-35-15-16-37(28-12-7-22(19-34)17-27(28)33)29(20-35)23-8-10-26(32)11-9-23/h4-12,17-18,29,39H,2-3,13-16,20-21H2,1H3/t29-,31+/m0/s1. The van der Waals surface area contributed by atoms with Crippen molar-refractivity contribution in [3.8, 4) is 6.07 Å². The Morgan fingerprint density at radius 2 is 1.77 bits per heavy atom. The van der Waals surface area contributed by atoms with Gasteiger partial charge in [-0.05, 0) is 73.4 Å². The number of likely N-dealkylation sites (tertiary alicyclic amines) is 1. The van der Waals surface area contributed by atoms with Gasteiger partial charge in [-0.1, -0.05) is 47.5 Å². The molecule has 1 N–H and O–H groups in total. The fourth-order valence-corrected chi connectivity index (χ4v) is 6.08. The Hall–Kier alpha value is -3.08. The van der Waals surface area contributed by atoms with Crippen LogP contribution in [0.25, 0.3) is 0 Å². The molecule has 39 heavy (non-hydrogen) atoms. The predicted octanol–water partition coefficient (Wildman–Crippen LogP) is 5.87. The third kappa shape index (κ3) is 6.08. The number of aliphatic hydroxyl groups is 1. The Balaban J connectivity index is 1.38. The van der Waals surface area contributed by atoms with Crippen molar-refractivity contribution in [2.24, 2.45) is 0 Å². The number of amides is 1. The molecule has 3 aromatic carbocycles. The van der Waals surface area contributed by atoms with Gasteiger partial charge in [-0.2, -0.15) is 5.26 Å².